The van der Waals surface area contributed by atoms with Crippen molar-refractivity contribution in [2.45, 2.75) is 69.9 Å². The quantitative estimate of drug-likeness (QED) is 0.596. The van der Waals surface area contributed by atoms with Gasteiger partial charge in [0.2, 0.25) is 0 Å². The summed E-state index contributed by atoms with van der Waals surface area (Å²) in [6, 6.07) is 8.71. The molecule has 3 N–H and O–H groups in total. The fourth-order valence-electron chi connectivity index (χ4n) is 3.48. The lowest BCUT2D eigenvalue weighted by molar-refractivity contribution is -0.121. The van der Waals surface area contributed by atoms with Crippen LogP contribution in [-0.2, 0) is 11.3 Å². The van der Waals surface area contributed by atoms with Gasteiger partial charge in [-0.3, -0.25) is 9.69 Å². The largest absolute Gasteiger partial charge is 0.395 e. The molecule has 0 spiro atoms. The summed E-state index contributed by atoms with van der Waals surface area (Å²) in [5.41, 5.74) is 1.03. The number of aliphatic hydroxyl groups is 3. The summed E-state index contributed by atoms with van der Waals surface area (Å²) in [5, 5.41) is 30.2. The highest BCUT2D eigenvalue weighted by molar-refractivity contribution is 5.79. The van der Waals surface area contributed by atoms with Crippen LogP contribution in [0.1, 0.15) is 44.6 Å². The number of hydrogen-bond acceptors (Lipinski definition) is 5. The average molecular weight is 335 g/mol. The topological polar surface area (TPSA) is 81.0 Å². The standard InChI is InChI=1S/C19H29NO4/c1-2-3-5-10-15(22)11-16-18(23)19(24)17(13-21)20(16)12-14-8-6-4-7-9-14/h4,6-9,16-19,21,23-24H,2-3,5,10-13H2,1H3/t16-,17-,18+,19-/m1/s1. The highest BCUT2D eigenvalue weighted by Crippen LogP contribution is 2.30. The van der Waals surface area contributed by atoms with E-state index in [1.807, 2.05) is 35.2 Å². The molecule has 0 radical (unpaired) electrons. The summed E-state index contributed by atoms with van der Waals surface area (Å²) in [4.78, 5) is 14.1. The number of ketones is 1. The molecule has 0 unspecified atom stereocenters. The Morgan fingerprint density at radius 3 is 2.38 bits per heavy atom. The number of carbonyl (C=O) groups excluding carboxylic acids is 1. The second kappa shape index (κ2) is 9.28. The van der Waals surface area contributed by atoms with E-state index in [0.29, 0.717) is 13.0 Å². The number of benzene rings is 1. The Hall–Kier alpha value is -1.27. The molecule has 0 aromatic heterocycles. The minimum atomic E-state index is -1.04. The molecule has 0 amide bonds. The van der Waals surface area contributed by atoms with E-state index in [1.165, 1.54) is 0 Å². The van der Waals surface area contributed by atoms with Gasteiger partial charge in [-0.1, -0.05) is 50.1 Å². The van der Waals surface area contributed by atoms with E-state index in [-0.39, 0.29) is 18.8 Å². The van der Waals surface area contributed by atoms with Gasteiger partial charge in [-0.2, -0.15) is 0 Å². The van der Waals surface area contributed by atoms with Gasteiger partial charge in [0, 0.05) is 25.4 Å². The van der Waals surface area contributed by atoms with Crippen molar-refractivity contribution in [1.29, 1.82) is 0 Å². The average Bonchev–Trinajstić information content (AvgIpc) is 2.80. The molecular weight excluding hydrogens is 306 g/mol. The molecule has 1 aromatic rings. The maximum absolute atomic E-state index is 12.2. The van der Waals surface area contributed by atoms with Crippen LogP contribution in [0.4, 0.5) is 0 Å². The Kier molecular flexibility index (Phi) is 7.37. The van der Waals surface area contributed by atoms with Crippen LogP contribution in [0, 0.1) is 0 Å². The molecule has 1 heterocycles. The van der Waals surface area contributed by atoms with Crippen molar-refractivity contribution < 1.29 is 20.1 Å². The van der Waals surface area contributed by atoms with Crippen LogP contribution in [0.25, 0.3) is 0 Å². The van der Waals surface area contributed by atoms with Gasteiger partial charge in [-0.25, -0.2) is 0 Å². The van der Waals surface area contributed by atoms with Crippen LogP contribution in [0.15, 0.2) is 30.3 Å². The van der Waals surface area contributed by atoms with Crippen molar-refractivity contribution >= 4 is 5.78 Å². The van der Waals surface area contributed by atoms with Crippen molar-refractivity contribution in [1.82, 2.24) is 4.90 Å². The molecule has 1 fully saturated rings. The van der Waals surface area contributed by atoms with Crippen LogP contribution in [0.5, 0.6) is 0 Å². The molecule has 0 saturated carbocycles. The molecule has 2 rings (SSSR count). The third-order valence-electron chi connectivity index (χ3n) is 4.88. The van der Waals surface area contributed by atoms with Gasteiger partial charge in [-0.05, 0) is 12.0 Å². The van der Waals surface area contributed by atoms with E-state index in [2.05, 4.69) is 6.92 Å². The SMILES string of the molecule is CCCCCC(=O)C[C@@H]1[C@H](O)[C@H](O)[C@@H](CO)N1Cc1ccccc1. The number of rotatable bonds is 9. The lowest BCUT2D eigenvalue weighted by atomic mass is 10.0. The predicted octanol–water partition coefficient (Wildman–Crippen LogP) is 1.49. The van der Waals surface area contributed by atoms with Gasteiger partial charge in [0.1, 0.15) is 5.78 Å². The first kappa shape index (κ1) is 19.1. The number of hydrogen-bond donors (Lipinski definition) is 3. The minimum absolute atomic E-state index is 0.108. The van der Waals surface area contributed by atoms with Gasteiger partial charge in [0.15, 0.2) is 0 Å². The van der Waals surface area contributed by atoms with Crippen molar-refractivity contribution in [2.24, 2.45) is 0 Å². The molecule has 5 heteroatoms. The monoisotopic (exact) mass is 335 g/mol. The summed E-state index contributed by atoms with van der Waals surface area (Å²) in [6.07, 6.45) is 1.62. The van der Waals surface area contributed by atoms with Gasteiger partial charge < -0.3 is 15.3 Å². The summed E-state index contributed by atoms with van der Waals surface area (Å²) < 4.78 is 0. The number of aliphatic hydroxyl groups excluding tert-OH is 3. The molecule has 4 atom stereocenters. The molecular formula is C19H29NO4. The Bertz CT molecular complexity index is 507. The van der Waals surface area contributed by atoms with E-state index in [4.69, 9.17) is 0 Å². The molecule has 0 aliphatic carbocycles. The first-order chi connectivity index (χ1) is 11.6. The summed E-state index contributed by atoms with van der Waals surface area (Å²) in [7, 11) is 0. The summed E-state index contributed by atoms with van der Waals surface area (Å²) in [5.74, 6) is 0.108. The molecule has 1 saturated heterocycles. The zero-order valence-electron chi connectivity index (χ0n) is 14.3. The van der Waals surface area contributed by atoms with Crippen molar-refractivity contribution in [3.63, 3.8) is 0 Å². The fourth-order valence-corrected chi connectivity index (χ4v) is 3.48. The number of nitrogens with zero attached hydrogens (tertiary/aromatic N) is 1. The number of likely N-dealkylation sites (tertiary alicyclic amines) is 1. The Labute approximate surface area is 143 Å². The molecule has 134 valence electrons. The molecule has 1 aliphatic rings. The third-order valence-corrected chi connectivity index (χ3v) is 4.88. The number of Topliss-reactive ketones (excluding diaryl/α,β-unsaturated/α-hetero) is 1. The van der Waals surface area contributed by atoms with Crippen LogP contribution >= 0.6 is 0 Å². The molecule has 5 nitrogen and oxygen atoms in total. The van der Waals surface area contributed by atoms with Crippen molar-refractivity contribution in [3.05, 3.63) is 35.9 Å². The van der Waals surface area contributed by atoms with Crippen LogP contribution in [-0.4, -0.2) is 56.9 Å². The number of unbranched alkanes of at least 4 members (excludes halogenated alkanes) is 2. The van der Waals surface area contributed by atoms with Gasteiger partial charge in [0.25, 0.3) is 0 Å². The fraction of sp³-hybridized carbons (Fsp3) is 0.632. The van der Waals surface area contributed by atoms with Gasteiger partial charge in [-0.15, -0.1) is 0 Å². The highest BCUT2D eigenvalue weighted by Gasteiger charge is 2.47. The van der Waals surface area contributed by atoms with Crippen molar-refractivity contribution in [3.8, 4) is 0 Å². The van der Waals surface area contributed by atoms with E-state index in [9.17, 15) is 20.1 Å². The Morgan fingerprint density at radius 1 is 1.08 bits per heavy atom. The zero-order valence-corrected chi connectivity index (χ0v) is 14.3. The van der Waals surface area contributed by atoms with Crippen LogP contribution < -0.4 is 0 Å². The summed E-state index contributed by atoms with van der Waals surface area (Å²) >= 11 is 0. The van der Waals surface area contributed by atoms with Crippen molar-refractivity contribution in [2.75, 3.05) is 6.61 Å². The predicted molar refractivity (Wildman–Crippen MR) is 92.4 cm³/mol. The van der Waals surface area contributed by atoms with Gasteiger partial charge >= 0.3 is 0 Å². The zero-order chi connectivity index (χ0) is 17.5. The molecule has 1 aromatic carbocycles. The second-order valence-corrected chi connectivity index (χ2v) is 6.66. The maximum atomic E-state index is 12.2. The second-order valence-electron chi connectivity index (χ2n) is 6.66. The first-order valence-corrected chi connectivity index (χ1v) is 8.86. The van der Waals surface area contributed by atoms with E-state index in [0.717, 1.165) is 24.8 Å². The minimum Gasteiger partial charge on any atom is -0.395 e. The van der Waals surface area contributed by atoms with Crippen LogP contribution in [0.2, 0.25) is 0 Å². The normalized spacial score (nSPS) is 27.5. The van der Waals surface area contributed by atoms with E-state index in [1.54, 1.807) is 0 Å². The Balaban J connectivity index is 2.08. The smallest absolute Gasteiger partial charge is 0.134 e. The first-order valence-electron chi connectivity index (χ1n) is 8.86. The molecule has 1 aliphatic heterocycles. The van der Waals surface area contributed by atoms with Crippen LogP contribution in [0.3, 0.4) is 0 Å². The highest BCUT2D eigenvalue weighted by atomic mass is 16.3. The maximum Gasteiger partial charge on any atom is 0.134 e. The van der Waals surface area contributed by atoms with Gasteiger partial charge in [0.05, 0.1) is 24.9 Å². The number of carbonyl (C=O) groups is 1. The summed E-state index contributed by atoms with van der Waals surface area (Å²) in [6.45, 7) is 2.34. The Morgan fingerprint density at radius 2 is 1.75 bits per heavy atom. The lowest BCUT2D eigenvalue weighted by Gasteiger charge is -2.29. The third kappa shape index (κ3) is 4.63. The lowest BCUT2D eigenvalue weighted by Crippen LogP contribution is -2.41. The molecule has 0 bridgehead atoms. The van der Waals surface area contributed by atoms with E-state index < -0.39 is 24.3 Å². The van der Waals surface area contributed by atoms with E-state index >= 15 is 0 Å². The molecule has 24 heavy (non-hydrogen) atoms.